The Morgan fingerprint density at radius 2 is 1.78 bits per heavy atom. The Balaban J connectivity index is 2.40. The van der Waals surface area contributed by atoms with E-state index in [4.69, 9.17) is 9.47 Å². The molecule has 2 aromatic carbocycles. The molecule has 2 atom stereocenters. The van der Waals surface area contributed by atoms with Gasteiger partial charge in [-0.15, -0.1) is 0 Å². The lowest BCUT2D eigenvalue weighted by Crippen LogP contribution is -2.48. The number of ether oxygens (including phenoxy) is 2. The number of nitrogens with zero attached hydrogens (tertiary/aromatic N) is 2. The number of hydrogen-bond acceptors (Lipinski definition) is 7. The third-order valence-corrected chi connectivity index (χ3v) is 6.22. The number of carbonyl (C=O) groups is 1. The van der Waals surface area contributed by atoms with Gasteiger partial charge in [-0.2, -0.15) is 0 Å². The molecule has 1 N–H and O–H groups in total. The number of nitro groups is 1. The number of carbonyl (C=O) groups excluding carboxylic acids is 1. The molecular weight excluding hydrogens is 438 g/mol. The van der Waals surface area contributed by atoms with E-state index in [1.54, 1.807) is 32.0 Å². The summed E-state index contributed by atoms with van der Waals surface area (Å²) in [7, 11) is -0.931. The summed E-state index contributed by atoms with van der Waals surface area (Å²) in [5.74, 6) is 0.513. The minimum atomic E-state index is -3.95. The highest BCUT2D eigenvalue weighted by atomic mass is 32.2. The van der Waals surface area contributed by atoms with Crippen LogP contribution in [0.2, 0.25) is 0 Å². The first kappa shape index (κ1) is 24.9. The lowest BCUT2D eigenvalue weighted by Gasteiger charge is -2.30. The fourth-order valence-corrected chi connectivity index (χ4v) is 4.54. The van der Waals surface area contributed by atoms with E-state index < -0.39 is 32.9 Å². The second-order valence-electron chi connectivity index (χ2n) is 7.30. The van der Waals surface area contributed by atoms with Crippen molar-refractivity contribution >= 4 is 27.3 Å². The molecule has 0 saturated carbocycles. The molecule has 174 valence electrons. The Labute approximate surface area is 187 Å². The van der Waals surface area contributed by atoms with Crippen molar-refractivity contribution in [2.45, 2.75) is 32.9 Å². The number of methoxy groups -OCH3 is 2. The van der Waals surface area contributed by atoms with Gasteiger partial charge in [-0.25, -0.2) is 8.42 Å². The molecule has 0 bridgehead atoms. The van der Waals surface area contributed by atoms with Gasteiger partial charge >= 0.3 is 0 Å². The average molecular weight is 466 g/mol. The van der Waals surface area contributed by atoms with E-state index in [0.717, 1.165) is 16.6 Å². The molecule has 32 heavy (non-hydrogen) atoms. The van der Waals surface area contributed by atoms with E-state index in [-0.39, 0.29) is 11.4 Å². The van der Waals surface area contributed by atoms with E-state index in [9.17, 15) is 23.3 Å². The van der Waals surface area contributed by atoms with Crippen LogP contribution in [0.4, 0.5) is 11.4 Å². The maximum atomic E-state index is 13.0. The molecule has 2 rings (SSSR count). The summed E-state index contributed by atoms with van der Waals surface area (Å²) in [6, 6.07) is 7.29. The van der Waals surface area contributed by atoms with Crippen molar-refractivity contribution in [2.24, 2.45) is 0 Å². The molecule has 11 heteroatoms. The molecule has 0 heterocycles. The van der Waals surface area contributed by atoms with Crippen LogP contribution in [0.15, 0.2) is 36.4 Å². The third-order valence-electron chi connectivity index (χ3n) is 4.99. The monoisotopic (exact) mass is 465 g/mol. The van der Waals surface area contributed by atoms with E-state index in [1.807, 2.05) is 0 Å². The standard InChI is InChI=1S/C21H27N3O7S/c1-13-7-8-16(24(26)27)11-19(13)23(32(6,28)29)15(3)21(25)22-14(2)18-12-17(30-4)9-10-20(18)31-5/h7-12,14-15H,1-6H3,(H,22,25)/t14-,15-/m1/s1. The van der Waals surface area contributed by atoms with Crippen LogP contribution in [-0.2, 0) is 14.8 Å². The molecule has 0 aliphatic carbocycles. The number of anilines is 1. The number of rotatable bonds is 9. The highest BCUT2D eigenvalue weighted by Crippen LogP contribution is 2.31. The number of nitro benzene ring substituents is 1. The maximum Gasteiger partial charge on any atom is 0.271 e. The zero-order valence-electron chi connectivity index (χ0n) is 18.8. The molecule has 0 unspecified atom stereocenters. The Hall–Kier alpha value is -3.34. The van der Waals surface area contributed by atoms with Crippen molar-refractivity contribution < 1.29 is 27.6 Å². The molecule has 0 saturated heterocycles. The lowest BCUT2D eigenvalue weighted by molar-refractivity contribution is -0.384. The van der Waals surface area contributed by atoms with Gasteiger partial charge in [0.15, 0.2) is 0 Å². The molecular formula is C21H27N3O7S. The summed E-state index contributed by atoms with van der Waals surface area (Å²) < 4.78 is 36.7. The number of non-ortho nitro benzene ring substituents is 1. The van der Waals surface area contributed by atoms with Gasteiger partial charge in [-0.05, 0) is 44.5 Å². The summed E-state index contributed by atoms with van der Waals surface area (Å²) >= 11 is 0. The van der Waals surface area contributed by atoms with Gasteiger partial charge in [0.25, 0.3) is 5.69 Å². The summed E-state index contributed by atoms with van der Waals surface area (Å²) in [6.07, 6.45) is 0.948. The van der Waals surface area contributed by atoms with Gasteiger partial charge in [0, 0.05) is 17.7 Å². The first-order valence-electron chi connectivity index (χ1n) is 9.67. The van der Waals surface area contributed by atoms with Crippen LogP contribution in [0.3, 0.4) is 0 Å². The van der Waals surface area contributed by atoms with Crippen molar-refractivity contribution in [3.8, 4) is 11.5 Å². The minimum Gasteiger partial charge on any atom is -0.497 e. The number of benzene rings is 2. The first-order chi connectivity index (χ1) is 14.9. The summed E-state index contributed by atoms with van der Waals surface area (Å²) in [6.45, 7) is 4.76. The second-order valence-corrected chi connectivity index (χ2v) is 9.16. The van der Waals surface area contributed by atoms with Crippen LogP contribution < -0.4 is 19.1 Å². The van der Waals surface area contributed by atoms with Gasteiger partial charge in [0.05, 0.1) is 37.1 Å². The molecule has 0 fully saturated rings. The highest BCUT2D eigenvalue weighted by molar-refractivity contribution is 7.92. The van der Waals surface area contributed by atoms with Gasteiger partial charge in [-0.3, -0.25) is 19.2 Å². The lowest BCUT2D eigenvalue weighted by atomic mass is 10.1. The molecule has 0 aliphatic rings. The number of hydrogen-bond donors (Lipinski definition) is 1. The van der Waals surface area contributed by atoms with Gasteiger partial charge in [0.1, 0.15) is 17.5 Å². The predicted molar refractivity (Wildman–Crippen MR) is 121 cm³/mol. The molecule has 1 amide bonds. The second kappa shape index (κ2) is 9.86. The third kappa shape index (κ3) is 5.47. The smallest absolute Gasteiger partial charge is 0.271 e. The summed E-state index contributed by atoms with van der Waals surface area (Å²) in [5.41, 5.74) is 0.908. The topological polar surface area (TPSA) is 128 Å². The number of aryl methyl sites for hydroxylation is 1. The van der Waals surface area contributed by atoms with E-state index in [1.165, 1.54) is 33.3 Å². The van der Waals surface area contributed by atoms with Crippen LogP contribution >= 0.6 is 0 Å². The van der Waals surface area contributed by atoms with Crippen molar-refractivity contribution in [1.29, 1.82) is 0 Å². The number of amides is 1. The predicted octanol–water partition coefficient (Wildman–Crippen LogP) is 2.95. The van der Waals surface area contributed by atoms with Crippen molar-refractivity contribution in [2.75, 3.05) is 24.8 Å². The minimum absolute atomic E-state index is 0.0657. The van der Waals surface area contributed by atoms with Crippen LogP contribution in [0, 0.1) is 17.0 Å². The zero-order valence-corrected chi connectivity index (χ0v) is 19.6. The number of sulfonamides is 1. The van der Waals surface area contributed by atoms with Crippen molar-refractivity contribution in [3.63, 3.8) is 0 Å². The summed E-state index contributed by atoms with van der Waals surface area (Å²) in [5, 5.41) is 14.0. The molecule has 0 spiro atoms. The van der Waals surface area contributed by atoms with Crippen LogP contribution in [-0.4, -0.2) is 45.8 Å². The molecule has 2 aromatic rings. The summed E-state index contributed by atoms with van der Waals surface area (Å²) in [4.78, 5) is 23.6. The first-order valence-corrected chi connectivity index (χ1v) is 11.5. The van der Waals surface area contributed by atoms with Crippen LogP contribution in [0.1, 0.15) is 31.0 Å². The fourth-order valence-electron chi connectivity index (χ4n) is 3.32. The SMILES string of the molecule is COc1ccc(OC)c([C@@H](C)NC(=O)[C@@H](C)N(c2cc([N+](=O)[O-])ccc2C)S(C)(=O)=O)c1. The largest absolute Gasteiger partial charge is 0.497 e. The van der Waals surface area contributed by atoms with Crippen LogP contribution in [0.5, 0.6) is 11.5 Å². The zero-order chi connectivity index (χ0) is 24.2. The quantitative estimate of drug-likeness (QED) is 0.445. The Bertz CT molecular complexity index is 1120. The Morgan fingerprint density at radius 3 is 2.31 bits per heavy atom. The van der Waals surface area contributed by atoms with E-state index in [0.29, 0.717) is 22.6 Å². The van der Waals surface area contributed by atoms with Crippen molar-refractivity contribution in [3.05, 3.63) is 57.6 Å². The maximum absolute atomic E-state index is 13.0. The van der Waals surface area contributed by atoms with Gasteiger partial charge < -0.3 is 14.8 Å². The highest BCUT2D eigenvalue weighted by Gasteiger charge is 2.32. The fraction of sp³-hybridized carbons (Fsp3) is 0.381. The molecule has 10 nitrogen and oxygen atoms in total. The normalized spacial score (nSPS) is 13.1. The Kier molecular flexibility index (Phi) is 7.68. The van der Waals surface area contributed by atoms with E-state index >= 15 is 0 Å². The van der Waals surface area contributed by atoms with Gasteiger partial charge in [0.2, 0.25) is 15.9 Å². The number of nitrogens with one attached hydrogen (secondary N) is 1. The average Bonchev–Trinajstić information content (AvgIpc) is 2.73. The Morgan fingerprint density at radius 1 is 1.12 bits per heavy atom. The van der Waals surface area contributed by atoms with E-state index in [2.05, 4.69) is 5.32 Å². The van der Waals surface area contributed by atoms with Gasteiger partial charge in [-0.1, -0.05) is 6.07 Å². The van der Waals surface area contributed by atoms with Crippen molar-refractivity contribution in [1.82, 2.24) is 5.32 Å². The molecule has 0 aromatic heterocycles. The van der Waals surface area contributed by atoms with Crippen LogP contribution in [0.25, 0.3) is 0 Å². The molecule has 0 radical (unpaired) electrons. The molecule has 0 aliphatic heterocycles.